The van der Waals surface area contributed by atoms with Gasteiger partial charge in [-0.25, -0.2) is 0 Å². The third kappa shape index (κ3) is 4.90. The molecule has 182 valence electrons. The van der Waals surface area contributed by atoms with Crippen LogP contribution in [0.15, 0.2) is 72.8 Å². The first-order valence-corrected chi connectivity index (χ1v) is 13.5. The first-order valence-electron chi connectivity index (χ1n) is 13.5. The first kappa shape index (κ1) is 22.5. The van der Waals surface area contributed by atoms with Gasteiger partial charge in [-0.1, -0.05) is 42.5 Å². The number of fused-ring (bicyclic) bond motifs is 2. The van der Waals surface area contributed by atoms with Gasteiger partial charge in [0.2, 0.25) is 0 Å². The van der Waals surface area contributed by atoms with Gasteiger partial charge in [-0.15, -0.1) is 0 Å². The van der Waals surface area contributed by atoms with Crippen molar-refractivity contribution < 1.29 is 4.74 Å². The lowest BCUT2D eigenvalue weighted by atomic mass is 10.1. The van der Waals surface area contributed by atoms with Crippen molar-refractivity contribution >= 4 is 17.1 Å². The van der Waals surface area contributed by atoms with Crippen molar-refractivity contribution in [2.24, 2.45) is 0 Å². The minimum absolute atomic E-state index is 0.557. The zero-order valence-electron chi connectivity index (χ0n) is 20.7. The van der Waals surface area contributed by atoms with Crippen molar-refractivity contribution in [3.05, 3.63) is 83.9 Å². The summed E-state index contributed by atoms with van der Waals surface area (Å²) in [5.41, 5.74) is 6.60. The van der Waals surface area contributed by atoms with Crippen LogP contribution in [0, 0.1) is 0 Å². The van der Waals surface area contributed by atoms with Crippen LogP contribution in [0.3, 0.4) is 0 Å². The van der Waals surface area contributed by atoms with Crippen molar-refractivity contribution in [3.8, 4) is 5.75 Å². The van der Waals surface area contributed by atoms with Crippen LogP contribution in [0.25, 0.3) is 0 Å². The van der Waals surface area contributed by atoms with E-state index in [1.165, 1.54) is 79.9 Å². The molecule has 2 fully saturated rings. The number of nitrogens with zero attached hydrogens (tertiary/aromatic N) is 3. The minimum Gasteiger partial charge on any atom is -0.487 e. The van der Waals surface area contributed by atoms with E-state index in [2.05, 4.69) is 87.5 Å². The first-order chi connectivity index (χ1) is 17.3. The molecule has 6 rings (SSSR count). The largest absolute Gasteiger partial charge is 0.487 e. The standard InChI is InChI=1S/C31H37N3O/c1-6-19-32(20-7-1)27-16-14-25(15-17-27)18-22-33-21-8-10-28(33)23-34-29-11-3-2-9-26(29)24-35-31-13-5-4-12-30(31)34/h2-5,9,11-17,28H,1,6-8,10,18-24H2. The third-order valence-corrected chi connectivity index (χ3v) is 8.06. The Labute approximate surface area is 210 Å². The minimum atomic E-state index is 0.557. The second kappa shape index (κ2) is 10.3. The molecule has 3 aliphatic rings. The maximum Gasteiger partial charge on any atom is 0.143 e. The fourth-order valence-electron chi connectivity index (χ4n) is 6.09. The lowest BCUT2D eigenvalue weighted by molar-refractivity contribution is 0.261. The topological polar surface area (TPSA) is 19.0 Å². The van der Waals surface area contributed by atoms with Crippen LogP contribution >= 0.6 is 0 Å². The zero-order chi connectivity index (χ0) is 23.5. The van der Waals surface area contributed by atoms with Gasteiger partial charge in [-0.2, -0.15) is 0 Å². The molecule has 4 nitrogen and oxygen atoms in total. The van der Waals surface area contributed by atoms with Gasteiger partial charge in [0.05, 0.1) is 5.69 Å². The Morgan fingerprint density at radius 1 is 0.743 bits per heavy atom. The van der Waals surface area contributed by atoms with Crippen molar-refractivity contribution in [1.29, 1.82) is 0 Å². The smallest absolute Gasteiger partial charge is 0.143 e. The van der Waals surface area contributed by atoms with Gasteiger partial charge in [0.15, 0.2) is 0 Å². The average molecular weight is 468 g/mol. The molecule has 0 amide bonds. The summed E-state index contributed by atoms with van der Waals surface area (Å²) in [6.07, 6.45) is 7.70. The molecule has 4 heteroatoms. The molecular weight excluding hydrogens is 430 g/mol. The monoisotopic (exact) mass is 467 g/mol. The molecule has 1 unspecified atom stereocenters. The SMILES string of the molecule is c1ccc2c(c1)COc1ccccc1N2CC1CCCN1CCc1ccc(N2CCCCC2)cc1. The number of benzene rings is 3. The van der Waals surface area contributed by atoms with Gasteiger partial charge in [-0.3, -0.25) is 4.90 Å². The highest BCUT2D eigenvalue weighted by molar-refractivity contribution is 5.72. The Balaban J connectivity index is 1.14. The second-order valence-electron chi connectivity index (χ2n) is 10.3. The maximum absolute atomic E-state index is 6.20. The third-order valence-electron chi connectivity index (χ3n) is 8.06. The van der Waals surface area contributed by atoms with E-state index < -0.39 is 0 Å². The lowest BCUT2D eigenvalue weighted by Gasteiger charge is -2.33. The quantitative estimate of drug-likeness (QED) is 0.417. The molecule has 3 aliphatic heterocycles. The van der Waals surface area contributed by atoms with Gasteiger partial charge in [0.1, 0.15) is 12.4 Å². The summed E-state index contributed by atoms with van der Waals surface area (Å²) in [6.45, 7) is 6.38. The molecule has 3 aromatic carbocycles. The number of rotatable bonds is 6. The highest BCUT2D eigenvalue weighted by Crippen LogP contribution is 2.40. The fourth-order valence-corrected chi connectivity index (χ4v) is 6.09. The van der Waals surface area contributed by atoms with Crippen LogP contribution in [0.1, 0.15) is 43.2 Å². The second-order valence-corrected chi connectivity index (χ2v) is 10.3. The molecule has 0 aliphatic carbocycles. The summed E-state index contributed by atoms with van der Waals surface area (Å²) in [7, 11) is 0. The predicted octanol–water partition coefficient (Wildman–Crippen LogP) is 6.41. The lowest BCUT2D eigenvalue weighted by Crippen LogP contribution is -2.39. The molecule has 0 bridgehead atoms. The number of hydrogen-bond donors (Lipinski definition) is 0. The van der Waals surface area contributed by atoms with Crippen LogP contribution in [0.4, 0.5) is 17.1 Å². The molecule has 0 spiro atoms. The fraction of sp³-hybridized carbons (Fsp3) is 0.419. The summed E-state index contributed by atoms with van der Waals surface area (Å²) in [6, 6.07) is 27.2. The van der Waals surface area contributed by atoms with Crippen LogP contribution in [-0.2, 0) is 13.0 Å². The number of likely N-dealkylation sites (tertiary alicyclic amines) is 1. The van der Waals surface area contributed by atoms with E-state index in [9.17, 15) is 0 Å². The number of ether oxygens (including phenoxy) is 1. The Bertz CT molecular complexity index is 1070. The van der Waals surface area contributed by atoms with Crippen LogP contribution in [0.5, 0.6) is 5.75 Å². The van der Waals surface area contributed by atoms with E-state index in [1.807, 2.05) is 0 Å². The van der Waals surface area contributed by atoms with Crippen molar-refractivity contribution in [2.75, 3.05) is 42.5 Å². The van der Waals surface area contributed by atoms with Crippen molar-refractivity contribution in [3.63, 3.8) is 0 Å². The number of para-hydroxylation sites is 3. The highest BCUT2D eigenvalue weighted by atomic mass is 16.5. The van der Waals surface area contributed by atoms with E-state index in [1.54, 1.807) is 0 Å². The van der Waals surface area contributed by atoms with Crippen molar-refractivity contribution in [2.45, 2.75) is 51.2 Å². The summed E-state index contributed by atoms with van der Waals surface area (Å²) in [5.74, 6) is 0.988. The van der Waals surface area contributed by atoms with Gasteiger partial charge in [0, 0.05) is 49.2 Å². The molecule has 3 aromatic rings. The van der Waals surface area contributed by atoms with Gasteiger partial charge >= 0.3 is 0 Å². The maximum atomic E-state index is 6.20. The molecule has 0 radical (unpaired) electrons. The van der Waals surface area contributed by atoms with E-state index in [4.69, 9.17) is 4.74 Å². The Morgan fingerprint density at radius 3 is 2.37 bits per heavy atom. The molecular formula is C31H37N3O. The Hall–Kier alpha value is -2.98. The Morgan fingerprint density at radius 2 is 1.51 bits per heavy atom. The van der Waals surface area contributed by atoms with Gasteiger partial charge < -0.3 is 14.5 Å². The van der Waals surface area contributed by atoms with Crippen LogP contribution < -0.4 is 14.5 Å². The molecule has 3 heterocycles. The van der Waals surface area contributed by atoms with Crippen LogP contribution in [0.2, 0.25) is 0 Å². The van der Waals surface area contributed by atoms with E-state index >= 15 is 0 Å². The number of hydrogen-bond acceptors (Lipinski definition) is 4. The highest BCUT2D eigenvalue weighted by Gasteiger charge is 2.29. The summed E-state index contributed by atoms with van der Waals surface area (Å²) < 4.78 is 6.20. The van der Waals surface area contributed by atoms with Crippen molar-refractivity contribution in [1.82, 2.24) is 4.90 Å². The zero-order valence-corrected chi connectivity index (χ0v) is 20.7. The normalized spacial score (nSPS) is 20.2. The van der Waals surface area contributed by atoms with Crippen LogP contribution in [-0.4, -0.2) is 43.7 Å². The predicted molar refractivity (Wildman–Crippen MR) is 145 cm³/mol. The molecule has 35 heavy (non-hydrogen) atoms. The summed E-state index contributed by atoms with van der Waals surface area (Å²) in [5, 5.41) is 0. The van der Waals surface area contributed by atoms with Gasteiger partial charge in [-0.05, 0) is 81.0 Å². The van der Waals surface area contributed by atoms with E-state index in [-0.39, 0.29) is 0 Å². The summed E-state index contributed by atoms with van der Waals surface area (Å²) >= 11 is 0. The molecule has 0 aromatic heterocycles. The Kier molecular flexibility index (Phi) is 6.64. The van der Waals surface area contributed by atoms with Gasteiger partial charge in [0.25, 0.3) is 0 Å². The molecule has 1 atom stereocenters. The number of piperidine rings is 1. The molecule has 2 saturated heterocycles. The summed E-state index contributed by atoms with van der Waals surface area (Å²) in [4.78, 5) is 7.77. The van der Waals surface area contributed by atoms with E-state index in [0.29, 0.717) is 12.6 Å². The molecule has 0 saturated carbocycles. The average Bonchev–Trinajstić information content (AvgIpc) is 3.31. The van der Waals surface area contributed by atoms with E-state index in [0.717, 1.165) is 25.3 Å². The number of anilines is 3. The molecule has 0 N–H and O–H groups in total.